The number of anilines is 1. The van der Waals surface area contributed by atoms with Crippen LogP contribution in [0.15, 0.2) is 48.5 Å². The van der Waals surface area contributed by atoms with Crippen LogP contribution in [0.1, 0.15) is 23.5 Å². The van der Waals surface area contributed by atoms with Crippen molar-refractivity contribution < 1.29 is 0 Å². The van der Waals surface area contributed by atoms with E-state index in [0.29, 0.717) is 5.92 Å². The largest absolute Gasteiger partial charge is 0.371 e. The lowest BCUT2D eigenvalue weighted by atomic mass is 9.99. The van der Waals surface area contributed by atoms with Gasteiger partial charge in [-0.25, -0.2) is 0 Å². The highest BCUT2D eigenvalue weighted by Crippen LogP contribution is 2.32. The Morgan fingerprint density at radius 1 is 1.19 bits per heavy atom. The van der Waals surface area contributed by atoms with E-state index in [2.05, 4.69) is 58.7 Å². The molecular weight excluding hydrogens is 280 g/mol. The first-order valence-electron chi connectivity index (χ1n) is 7.51. The molecule has 1 saturated heterocycles. The number of nitrogens with zero attached hydrogens (tertiary/aromatic N) is 1. The van der Waals surface area contributed by atoms with Crippen molar-refractivity contribution in [1.82, 2.24) is 5.32 Å². The zero-order valence-electron chi connectivity index (χ0n) is 12.3. The number of nitrogens with one attached hydrogen (secondary N) is 1. The Labute approximate surface area is 131 Å². The average molecular weight is 301 g/mol. The molecule has 0 amide bonds. The molecule has 3 heteroatoms. The Bertz CT molecular complexity index is 597. The second kappa shape index (κ2) is 6.50. The zero-order valence-corrected chi connectivity index (χ0v) is 13.1. The van der Waals surface area contributed by atoms with Crippen molar-refractivity contribution in [3.63, 3.8) is 0 Å². The molecule has 0 spiro atoms. The lowest BCUT2D eigenvalue weighted by molar-refractivity contribution is 0.775. The molecule has 1 aliphatic heterocycles. The van der Waals surface area contributed by atoms with Crippen molar-refractivity contribution in [3.05, 3.63) is 64.7 Å². The molecule has 1 fully saturated rings. The fraction of sp³-hybridized carbons (Fsp3) is 0.333. The molecule has 0 aliphatic carbocycles. The van der Waals surface area contributed by atoms with E-state index in [9.17, 15) is 0 Å². The molecule has 1 heterocycles. The third-order valence-corrected chi connectivity index (χ3v) is 4.58. The van der Waals surface area contributed by atoms with E-state index in [1.54, 1.807) is 0 Å². The van der Waals surface area contributed by atoms with E-state index in [-0.39, 0.29) is 0 Å². The molecule has 0 bridgehead atoms. The molecule has 2 nitrogen and oxygen atoms in total. The number of hydrogen-bond acceptors (Lipinski definition) is 2. The second-order valence-corrected chi connectivity index (χ2v) is 6.06. The summed E-state index contributed by atoms with van der Waals surface area (Å²) < 4.78 is 0. The van der Waals surface area contributed by atoms with Crippen molar-refractivity contribution >= 4 is 17.3 Å². The molecule has 1 atom stereocenters. The Morgan fingerprint density at radius 2 is 2.00 bits per heavy atom. The number of hydrogen-bond donors (Lipinski definition) is 1. The van der Waals surface area contributed by atoms with E-state index < -0.39 is 0 Å². The minimum absolute atomic E-state index is 0.627. The zero-order chi connectivity index (χ0) is 14.7. The molecule has 1 unspecified atom stereocenters. The van der Waals surface area contributed by atoms with Gasteiger partial charge in [-0.2, -0.15) is 0 Å². The first kappa shape index (κ1) is 14.4. The maximum absolute atomic E-state index is 6.37. The summed E-state index contributed by atoms with van der Waals surface area (Å²) in [5, 5.41) is 4.00. The van der Waals surface area contributed by atoms with Crippen LogP contribution in [-0.2, 0) is 6.54 Å². The van der Waals surface area contributed by atoms with Crippen molar-refractivity contribution in [3.8, 4) is 0 Å². The normalized spacial score (nSPS) is 18.2. The molecule has 0 saturated carbocycles. The van der Waals surface area contributed by atoms with Crippen LogP contribution in [0.2, 0.25) is 5.02 Å². The van der Waals surface area contributed by atoms with Gasteiger partial charge in [0.15, 0.2) is 0 Å². The van der Waals surface area contributed by atoms with Crippen LogP contribution < -0.4 is 10.2 Å². The summed E-state index contributed by atoms with van der Waals surface area (Å²) in [5.41, 5.74) is 3.83. The molecule has 0 radical (unpaired) electrons. The predicted octanol–water partition coefficient (Wildman–Crippen LogP) is 4.05. The van der Waals surface area contributed by atoms with Gasteiger partial charge in [-0.15, -0.1) is 0 Å². The van der Waals surface area contributed by atoms with Crippen LogP contribution in [-0.4, -0.2) is 20.1 Å². The maximum atomic E-state index is 6.37. The third kappa shape index (κ3) is 3.22. The average Bonchev–Trinajstić information content (AvgIpc) is 3.00. The van der Waals surface area contributed by atoms with Gasteiger partial charge in [0.25, 0.3) is 0 Å². The van der Waals surface area contributed by atoms with E-state index >= 15 is 0 Å². The van der Waals surface area contributed by atoms with Gasteiger partial charge in [0.05, 0.1) is 0 Å². The quantitative estimate of drug-likeness (QED) is 0.916. The van der Waals surface area contributed by atoms with E-state index in [1.807, 2.05) is 7.05 Å². The highest BCUT2D eigenvalue weighted by Gasteiger charge is 2.24. The maximum Gasteiger partial charge on any atom is 0.0471 e. The lowest BCUT2D eigenvalue weighted by Gasteiger charge is -2.20. The summed E-state index contributed by atoms with van der Waals surface area (Å²) in [7, 11) is 1.94. The number of rotatable bonds is 4. The van der Waals surface area contributed by atoms with Gasteiger partial charge < -0.3 is 10.2 Å². The van der Waals surface area contributed by atoms with E-state index in [4.69, 9.17) is 11.6 Å². The summed E-state index contributed by atoms with van der Waals surface area (Å²) in [5.74, 6) is 0.627. The molecule has 21 heavy (non-hydrogen) atoms. The van der Waals surface area contributed by atoms with Crippen molar-refractivity contribution in [2.45, 2.75) is 18.9 Å². The number of benzene rings is 2. The topological polar surface area (TPSA) is 15.3 Å². The monoisotopic (exact) mass is 300 g/mol. The smallest absolute Gasteiger partial charge is 0.0471 e. The summed E-state index contributed by atoms with van der Waals surface area (Å²) in [6.45, 7) is 2.98. The van der Waals surface area contributed by atoms with Crippen LogP contribution in [0.5, 0.6) is 0 Å². The SMILES string of the molecule is CNCc1ccc(N2CCC(c3ccccc3)C2)cc1Cl. The second-order valence-electron chi connectivity index (χ2n) is 5.65. The fourth-order valence-electron chi connectivity index (χ4n) is 3.06. The van der Waals surface area contributed by atoms with Crippen molar-refractivity contribution in [2.75, 3.05) is 25.0 Å². The molecule has 3 rings (SSSR count). The van der Waals surface area contributed by atoms with Crippen molar-refractivity contribution in [1.29, 1.82) is 0 Å². The fourth-order valence-corrected chi connectivity index (χ4v) is 3.30. The molecule has 2 aromatic carbocycles. The number of halogens is 1. The first-order valence-corrected chi connectivity index (χ1v) is 7.88. The predicted molar refractivity (Wildman–Crippen MR) is 90.2 cm³/mol. The minimum atomic E-state index is 0.627. The van der Waals surface area contributed by atoms with Crippen LogP contribution in [0.4, 0.5) is 5.69 Å². The molecule has 110 valence electrons. The van der Waals surface area contributed by atoms with Gasteiger partial charge in [-0.3, -0.25) is 0 Å². The van der Waals surface area contributed by atoms with E-state index in [0.717, 1.165) is 30.2 Å². The van der Waals surface area contributed by atoms with Crippen LogP contribution in [0.25, 0.3) is 0 Å². The molecule has 1 aliphatic rings. The van der Waals surface area contributed by atoms with Gasteiger partial charge in [-0.05, 0) is 36.7 Å². The summed E-state index contributed by atoms with van der Waals surface area (Å²) >= 11 is 6.37. The molecule has 2 aromatic rings. The third-order valence-electron chi connectivity index (χ3n) is 4.23. The highest BCUT2D eigenvalue weighted by atomic mass is 35.5. The lowest BCUT2D eigenvalue weighted by Crippen LogP contribution is -2.19. The van der Waals surface area contributed by atoms with Gasteiger partial charge in [0.1, 0.15) is 0 Å². The Balaban J connectivity index is 1.73. The van der Waals surface area contributed by atoms with Gasteiger partial charge >= 0.3 is 0 Å². The highest BCUT2D eigenvalue weighted by molar-refractivity contribution is 6.31. The molecule has 0 aromatic heterocycles. The van der Waals surface area contributed by atoms with Gasteiger partial charge in [0, 0.05) is 36.3 Å². The summed E-state index contributed by atoms with van der Waals surface area (Å²) in [4.78, 5) is 2.44. The standard InChI is InChI=1S/C18H21ClN2/c1-20-12-15-7-8-17(11-18(15)19)21-10-9-16(13-21)14-5-3-2-4-6-14/h2-8,11,16,20H,9-10,12-13H2,1H3. The summed E-state index contributed by atoms with van der Waals surface area (Å²) in [6, 6.07) is 17.2. The van der Waals surface area contributed by atoms with Crippen LogP contribution in [0.3, 0.4) is 0 Å². The Hall–Kier alpha value is -1.51. The van der Waals surface area contributed by atoms with Crippen LogP contribution >= 0.6 is 11.6 Å². The van der Waals surface area contributed by atoms with Crippen molar-refractivity contribution in [2.24, 2.45) is 0 Å². The molecule has 1 N–H and O–H groups in total. The van der Waals surface area contributed by atoms with E-state index in [1.165, 1.54) is 17.7 Å². The van der Waals surface area contributed by atoms with Gasteiger partial charge in [-0.1, -0.05) is 48.0 Å². The Kier molecular flexibility index (Phi) is 4.47. The summed E-state index contributed by atoms with van der Waals surface area (Å²) in [6.07, 6.45) is 1.21. The van der Waals surface area contributed by atoms with Crippen LogP contribution in [0, 0.1) is 0 Å². The van der Waals surface area contributed by atoms with Gasteiger partial charge in [0.2, 0.25) is 0 Å². The minimum Gasteiger partial charge on any atom is -0.371 e. The first-order chi connectivity index (χ1) is 10.3. The Morgan fingerprint density at radius 3 is 2.71 bits per heavy atom. The molecular formula is C18H21ClN2.